The van der Waals surface area contributed by atoms with E-state index in [4.69, 9.17) is 9.26 Å². The number of nitrogens with one attached hydrogen (secondary N) is 1. The predicted octanol–water partition coefficient (Wildman–Crippen LogP) is 3.01. The van der Waals surface area contributed by atoms with Crippen LogP contribution >= 0.6 is 0 Å². The van der Waals surface area contributed by atoms with Crippen molar-refractivity contribution in [3.05, 3.63) is 42.1 Å². The van der Waals surface area contributed by atoms with Gasteiger partial charge < -0.3 is 9.26 Å². The lowest BCUT2D eigenvalue weighted by Crippen LogP contribution is -2.37. The van der Waals surface area contributed by atoms with Gasteiger partial charge in [-0.2, -0.15) is 5.10 Å². The second kappa shape index (κ2) is 8.40. The van der Waals surface area contributed by atoms with Gasteiger partial charge in [-0.15, -0.1) is 0 Å². The third-order valence-electron chi connectivity index (χ3n) is 4.91. The molecule has 1 N–H and O–H groups in total. The van der Waals surface area contributed by atoms with Gasteiger partial charge in [0.15, 0.2) is 0 Å². The molecule has 156 valence electrons. The van der Waals surface area contributed by atoms with Crippen molar-refractivity contribution in [3.63, 3.8) is 0 Å². The highest BCUT2D eigenvalue weighted by Crippen LogP contribution is 2.26. The fourth-order valence-corrected chi connectivity index (χ4v) is 3.47. The number of fused-ring (bicyclic) bond motifs is 1. The van der Waals surface area contributed by atoms with Crippen LogP contribution < -0.4 is 15.0 Å². The van der Waals surface area contributed by atoms with Crippen LogP contribution in [0.15, 0.2) is 40.9 Å². The number of nitrogens with zero attached hydrogens (tertiary/aromatic N) is 4. The predicted molar refractivity (Wildman–Crippen MR) is 110 cm³/mol. The Hall–Kier alpha value is -3.62. The van der Waals surface area contributed by atoms with Crippen LogP contribution in [0.3, 0.4) is 0 Å². The zero-order chi connectivity index (χ0) is 21.1. The third-order valence-corrected chi connectivity index (χ3v) is 4.91. The summed E-state index contributed by atoms with van der Waals surface area (Å²) in [6, 6.07) is 10.9. The molecule has 0 saturated carbocycles. The lowest BCUT2D eigenvalue weighted by Gasteiger charge is -2.27. The molecule has 0 unspecified atom stereocenters. The normalized spacial score (nSPS) is 13.1. The number of anilines is 2. The zero-order valence-electron chi connectivity index (χ0n) is 16.9. The molecular formula is C21H23N5O4. The van der Waals surface area contributed by atoms with E-state index >= 15 is 0 Å². The summed E-state index contributed by atoms with van der Waals surface area (Å²) >= 11 is 0. The van der Waals surface area contributed by atoms with Crippen molar-refractivity contribution in [2.24, 2.45) is 0 Å². The molecule has 0 atom stereocenters. The van der Waals surface area contributed by atoms with Gasteiger partial charge in [0.1, 0.15) is 17.3 Å². The number of hydrogen-bond donors (Lipinski definition) is 1. The van der Waals surface area contributed by atoms with Crippen LogP contribution in [0.4, 0.5) is 11.7 Å². The van der Waals surface area contributed by atoms with Crippen LogP contribution in [0.2, 0.25) is 0 Å². The summed E-state index contributed by atoms with van der Waals surface area (Å²) < 4.78 is 12.3. The molecule has 0 aliphatic carbocycles. The molecule has 30 heavy (non-hydrogen) atoms. The Bertz CT molecular complexity index is 1070. The molecule has 0 saturated heterocycles. The molecule has 0 spiro atoms. The Balaban J connectivity index is 1.33. The first-order valence-corrected chi connectivity index (χ1v) is 9.79. The lowest BCUT2D eigenvalue weighted by molar-refractivity contribution is -0.122. The maximum atomic E-state index is 12.6. The number of carbonyl (C=O) groups excluding carboxylic acids is 2. The molecular weight excluding hydrogens is 386 g/mol. The minimum Gasteiger partial charge on any atom is -0.497 e. The monoisotopic (exact) mass is 409 g/mol. The average molecular weight is 409 g/mol. The van der Waals surface area contributed by atoms with Gasteiger partial charge >= 0.3 is 0 Å². The number of amides is 2. The first-order chi connectivity index (χ1) is 14.5. The first-order valence-electron chi connectivity index (χ1n) is 9.79. The summed E-state index contributed by atoms with van der Waals surface area (Å²) in [5, 5.41) is 11.0. The molecule has 3 heterocycles. The van der Waals surface area contributed by atoms with E-state index in [-0.39, 0.29) is 30.5 Å². The fraction of sp³-hybridized carbons (Fsp3) is 0.333. The van der Waals surface area contributed by atoms with Crippen molar-refractivity contribution in [2.45, 2.75) is 32.7 Å². The molecule has 9 nitrogen and oxygen atoms in total. The maximum absolute atomic E-state index is 12.6. The summed E-state index contributed by atoms with van der Waals surface area (Å²) in [5.74, 6) is 1.33. The molecule has 1 aromatic carbocycles. The number of carbonyl (C=O) groups is 2. The Kier molecular flexibility index (Phi) is 5.51. The Morgan fingerprint density at radius 1 is 1.20 bits per heavy atom. The standard InChI is InChI=1S/C21H23N5O4/c1-14-11-20-25(9-4-10-26(20)23-14)21(28)8-7-18(27)22-19-13-17(24-30-19)15-5-3-6-16(12-15)29-2/h3,5-6,11-13H,4,7-10H2,1-2H3,(H,22,27). The van der Waals surface area contributed by atoms with E-state index in [0.29, 0.717) is 18.0 Å². The van der Waals surface area contributed by atoms with E-state index in [0.717, 1.165) is 30.0 Å². The molecule has 9 heteroatoms. The van der Waals surface area contributed by atoms with Crippen LogP contribution in [0, 0.1) is 6.92 Å². The lowest BCUT2D eigenvalue weighted by atomic mass is 10.1. The van der Waals surface area contributed by atoms with Crippen LogP contribution in [-0.2, 0) is 16.1 Å². The number of aromatic nitrogens is 3. The van der Waals surface area contributed by atoms with Gasteiger partial charge in [-0.05, 0) is 25.5 Å². The molecule has 2 aromatic heterocycles. The molecule has 2 amide bonds. The molecule has 0 bridgehead atoms. The smallest absolute Gasteiger partial charge is 0.231 e. The molecule has 4 rings (SSSR count). The van der Waals surface area contributed by atoms with E-state index in [1.165, 1.54) is 0 Å². The number of ether oxygens (including phenoxy) is 1. The molecule has 3 aromatic rings. The van der Waals surface area contributed by atoms with Gasteiger partial charge in [-0.1, -0.05) is 17.3 Å². The Labute approximate surface area is 173 Å². The number of benzene rings is 1. The molecule has 1 aliphatic rings. The molecule has 1 aliphatic heterocycles. The second-order valence-electron chi connectivity index (χ2n) is 7.12. The topological polar surface area (TPSA) is 102 Å². The zero-order valence-corrected chi connectivity index (χ0v) is 16.9. The van der Waals surface area contributed by atoms with Crippen molar-refractivity contribution >= 4 is 23.5 Å². The van der Waals surface area contributed by atoms with Crippen LogP contribution in [0.5, 0.6) is 5.75 Å². The van der Waals surface area contributed by atoms with Gasteiger partial charge in [0.2, 0.25) is 17.7 Å². The van der Waals surface area contributed by atoms with Gasteiger partial charge in [-0.25, -0.2) is 4.68 Å². The number of methoxy groups -OCH3 is 1. The van der Waals surface area contributed by atoms with Crippen LogP contribution in [0.1, 0.15) is 25.0 Å². The minimum absolute atomic E-state index is 0.0532. The molecule has 0 radical (unpaired) electrons. The SMILES string of the molecule is COc1cccc(-c2cc(NC(=O)CCC(=O)N3CCCn4nc(C)cc43)on2)c1. The second-order valence-corrected chi connectivity index (χ2v) is 7.12. The first kappa shape index (κ1) is 19.7. The molecule has 0 fully saturated rings. The quantitative estimate of drug-likeness (QED) is 0.671. The van der Waals surface area contributed by atoms with Crippen molar-refractivity contribution in [1.29, 1.82) is 0 Å². The average Bonchev–Trinajstić information content (AvgIpc) is 3.37. The van der Waals surface area contributed by atoms with E-state index in [1.807, 2.05) is 41.9 Å². The maximum Gasteiger partial charge on any atom is 0.231 e. The van der Waals surface area contributed by atoms with Gasteiger partial charge in [-0.3, -0.25) is 19.8 Å². The Morgan fingerprint density at radius 2 is 2.07 bits per heavy atom. The Morgan fingerprint density at radius 3 is 2.90 bits per heavy atom. The summed E-state index contributed by atoms with van der Waals surface area (Å²) in [5.41, 5.74) is 2.27. The van der Waals surface area contributed by atoms with E-state index in [1.54, 1.807) is 18.1 Å². The van der Waals surface area contributed by atoms with Gasteiger partial charge in [0, 0.05) is 43.6 Å². The van der Waals surface area contributed by atoms with E-state index in [9.17, 15) is 9.59 Å². The highest BCUT2D eigenvalue weighted by molar-refractivity contribution is 5.97. The fourth-order valence-electron chi connectivity index (χ4n) is 3.47. The number of rotatable bonds is 6. The van der Waals surface area contributed by atoms with Crippen molar-refractivity contribution in [2.75, 3.05) is 23.9 Å². The van der Waals surface area contributed by atoms with E-state index in [2.05, 4.69) is 15.6 Å². The van der Waals surface area contributed by atoms with Crippen LogP contribution in [-0.4, -0.2) is 40.4 Å². The summed E-state index contributed by atoms with van der Waals surface area (Å²) in [6.45, 7) is 3.34. The minimum atomic E-state index is -0.307. The number of hydrogen-bond acceptors (Lipinski definition) is 6. The van der Waals surface area contributed by atoms with Gasteiger partial charge in [0.05, 0.1) is 12.8 Å². The number of aryl methyl sites for hydroxylation is 2. The van der Waals surface area contributed by atoms with Crippen molar-refractivity contribution in [3.8, 4) is 17.0 Å². The van der Waals surface area contributed by atoms with Crippen LogP contribution in [0.25, 0.3) is 11.3 Å². The van der Waals surface area contributed by atoms with Crippen molar-refractivity contribution in [1.82, 2.24) is 14.9 Å². The van der Waals surface area contributed by atoms with Gasteiger partial charge in [0.25, 0.3) is 0 Å². The highest BCUT2D eigenvalue weighted by atomic mass is 16.5. The third kappa shape index (κ3) is 4.19. The summed E-state index contributed by atoms with van der Waals surface area (Å²) in [6.07, 6.45) is 1.00. The van der Waals surface area contributed by atoms with Crippen molar-refractivity contribution < 1.29 is 18.8 Å². The van der Waals surface area contributed by atoms with E-state index < -0.39 is 0 Å². The highest BCUT2D eigenvalue weighted by Gasteiger charge is 2.24. The summed E-state index contributed by atoms with van der Waals surface area (Å²) in [4.78, 5) is 26.6. The summed E-state index contributed by atoms with van der Waals surface area (Å²) in [7, 11) is 1.59. The largest absolute Gasteiger partial charge is 0.497 e.